The molecule has 0 aliphatic carbocycles. The molecule has 4 N–H and O–H groups in total. The number of aryl methyl sites for hydroxylation is 1. The molecule has 0 aliphatic heterocycles. The van der Waals surface area contributed by atoms with Crippen molar-refractivity contribution in [3.63, 3.8) is 0 Å². The standard InChI is InChI=1S/C11H16F2N2O3S/c1-6-3-4-8(14)10(7(6)2)19(17,18)15-5-9(16)11(12)13/h3-4,9,11,15-16H,5,14H2,1-2H3. The van der Waals surface area contributed by atoms with Gasteiger partial charge in [0.05, 0.1) is 5.69 Å². The zero-order valence-electron chi connectivity index (χ0n) is 10.5. The Morgan fingerprint density at radius 3 is 2.47 bits per heavy atom. The molecule has 0 spiro atoms. The summed E-state index contributed by atoms with van der Waals surface area (Å²) in [5.41, 5.74) is 6.80. The van der Waals surface area contributed by atoms with E-state index in [0.717, 1.165) is 0 Å². The second kappa shape index (κ2) is 5.81. The van der Waals surface area contributed by atoms with Gasteiger partial charge in [0.15, 0.2) is 0 Å². The summed E-state index contributed by atoms with van der Waals surface area (Å²) in [4.78, 5) is -0.144. The zero-order valence-corrected chi connectivity index (χ0v) is 11.3. The normalized spacial score (nSPS) is 13.8. The first-order valence-corrected chi connectivity index (χ1v) is 6.96. The third kappa shape index (κ3) is 3.62. The molecule has 0 aliphatic rings. The van der Waals surface area contributed by atoms with Gasteiger partial charge in [0, 0.05) is 6.54 Å². The highest BCUT2D eigenvalue weighted by molar-refractivity contribution is 7.89. The molecule has 0 saturated heterocycles. The van der Waals surface area contributed by atoms with Crippen LogP contribution in [0.5, 0.6) is 0 Å². The van der Waals surface area contributed by atoms with E-state index in [1.807, 2.05) is 4.72 Å². The van der Waals surface area contributed by atoms with E-state index in [-0.39, 0.29) is 10.6 Å². The fourth-order valence-electron chi connectivity index (χ4n) is 1.52. The van der Waals surface area contributed by atoms with E-state index in [2.05, 4.69) is 0 Å². The van der Waals surface area contributed by atoms with E-state index in [4.69, 9.17) is 10.8 Å². The number of nitrogens with two attached hydrogens (primary N) is 1. The van der Waals surface area contributed by atoms with Crippen molar-refractivity contribution >= 4 is 15.7 Å². The zero-order chi connectivity index (χ0) is 14.8. The molecule has 0 aromatic heterocycles. The van der Waals surface area contributed by atoms with Crippen molar-refractivity contribution in [2.45, 2.75) is 31.3 Å². The van der Waals surface area contributed by atoms with Crippen LogP contribution in [0.4, 0.5) is 14.5 Å². The van der Waals surface area contributed by atoms with Gasteiger partial charge in [-0.15, -0.1) is 0 Å². The highest BCUT2D eigenvalue weighted by Crippen LogP contribution is 2.25. The van der Waals surface area contributed by atoms with E-state index < -0.39 is 29.1 Å². The number of rotatable bonds is 5. The minimum Gasteiger partial charge on any atom is -0.398 e. The third-order valence-corrected chi connectivity index (χ3v) is 4.38. The molecule has 0 saturated carbocycles. The number of sulfonamides is 1. The van der Waals surface area contributed by atoms with Crippen molar-refractivity contribution in [3.8, 4) is 0 Å². The lowest BCUT2D eigenvalue weighted by Gasteiger charge is -2.15. The molecule has 1 aromatic rings. The highest BCUT2D eigenvalue weighted by Gasteiger charge is 2.24. The number of aliphatic hydroxyl groups excluding tert-OH is 1. The van der Waals surface area contributed by atoms with Crippen LogP contribution in [0.2, 0.25) is 0 Å². The third-order valence-electron chi connectivity index (χ3n) is 2.75. The van der Waals surface area contributed by atoms with Crippen LogP contribution >= 0.6 is 0 Å². The largest absolute Gasteiger partial charge is 0.398 e. The Balaban J connectivity index is 3.05. The van der Waals surface area contributed by atoms with E-state index in [1.165, 1.54) is 6.07 Å². The number of nitrogens with one attached hydrogen (secondary N) is 1. The first-order chi connectivity index (χ1) is 8.66. The highest BCUT2D eigenvalue weighted by atomic mass is 32.2. The van der Waals surface area contributed by atoms with Gasteiger partial charge >= 0.3 is 0 Å². The SMILES string of the molecule is Cc1ccc(N)c(S(=O)(=O)NCC(O)C(F)F)c1C. The molecule has 108 valence electrons. The number of halogens is 2. The van der Waals surface area contributed by atoms with Gasteiger partial charge in [0.2, 0.25) is 10.0 Å². The number of hydrogen-bond donors (Lipinski definition) is 3. The molecule has 0 bridgehead atoms. The van der Waals surface area contributed by atoms with Crippen molar-refractivity contribution in [1.82, 2.24) is 4.72 Å². The number of nitrogen functional groups attached to an aromatic ring is 1. The summed E-state index contributed by atoms with van der Waals surface area (Å²) in [6.07, 6.45) is -5.07. The van der Waals surface area contributed by atoms with Crippen LogP contribution in [0, 0.1) is 13.8 Å². The molecule has 8 heteroatoms. The minimum atomic E-state index is -4.04. The fraction of sp³-hybridized carbons (Fsp3) is 0.455. The second-order valence-corrected chi connectivity index (χ2v) is 5.88. The Hall–Kier alpha value is -1.25. The summed E-state index contributed by atoms with van der Waals surface area (Å²) >= 11 is 0. The molecular formula is C11H16F2N2O3S. The van der Waals surface area contributed by atoms with E-state index in [0.29, 0.717) is 11.1 Å². The van der Waals surface area contributed by atoms with Crippen LogP contribution in [0.3, 0.4) is 0 Å². The lowest BCUT2D eigenvalue weighted by molar-refractivity contribution is -0.000451. The maximum Gasteiger partial charge on any atom is 0.265 e. The Morgan fingerprint density at radius 1 is 1.37 bits per heavy atom. The van der Waals surface area contributed by atoms with E-state index in [1.54, 1.807) is 19.9 Å². The molecule has 1 unspecified atom stereocenters. The quantitative estimate of drug-likeness (QED) is 0.700. The van der Waals surface area contributed by atoms with Crippen LogP contribution in [0.25, 0.3) is 0 Å². The number of aliphatic hydroxyl groups is 1. The predicted octanol–water partition coefficient (Wildman–Crippen LogP) is 0.790. The van der Waals surface area contributed by atoms with Gasteiger partial charge in [0.25, 0.3) is 6.43 Å². The van der Waals surface area contributed by atoms with Gasteiger partial charge in [-0.2, -0.15) is 0 Å². The molecule has 0 radical (unpaired) electrons. The molecule has 0 amide bonds. The second-order valence-electron chi connectivity index (χ2n) is 4.18. The van der Waals surface area contributed by atoms with Gasteiger partial charge in [-0.1, -0.05) is 6.07 Å². The van der Waals surface area contributed by atoms with Crippen LogP contribution in [-0.4, -0.2) is 32.6 Å². The molecule has 1 rings (SSSR count). The summed E-state index contributed by atoms with van der Waals surface area (Å²) in [5, 5.41) is 8.92. The lowest BCUT2D eigenvalue weighted by atomic mass is 10.1. The Bertz CT molecular complexity index is 561. The van der Waals surface area contributed by atoms with Crippen LogP contribution < -0.4 is 10.5 Å². The lowest BCUT2D eigenvalue weighted by Crippen LogP contribution is -2.36. The maximum absolute atomic E-state index is 12.1. The first kappa shape index (κ1) is 15.8. The molecule has 19 heavy (non-hydrogen) atoms. The summed E-state index contributed by atoms with van der Waals surface area (Å²) in [6.45, 7) is 2.51. The van der Waals surface area contributed by atoms with E-state index in [9.17, 15) is 17.2 Å². The van der Waals surface area contributed by atoms with Gasteiger partial charge in [-0.25, -0.2) is 21.9 Å². The molecule has 1 atom stereocenters. The predicted molar refractivity (Wildman–Crippen MR) is 67.5 cm³/mol. The topological polar surface area (TPSA) is 92.4 Å². The molecule has 0 fully saturated rings. The minimum absolute atomic E-state index is 0.0298. The van der Waals surface area contributed by atoms with Crippen molar-refractivity contribution < 1.29 is 22.3 Å². The van der Waals surface area contributed by atoms with Crippen molar-refractivity contribution in [3.05, 3.63) is 23.3 Å². The summed E-state index contributed by atoms with van der Waals surface area (Å²) in [6, 6.07) is 3.10. The van der Waals surface area contributed by atoms with Gasteiger partial charge < -0.3 is 10.8 Å². The fourth-order valence-corrected chi connectivity index (χ4v) is 3.00. The van der Waals surface area contributed by atoms with Crippen LogP contribution in [-0.2, 0) is 10.0 Å². The van der Waals surface area contributed by atoms with Crippen molar-refractivity contribution in [1.29, 1.82) is 0 Å². The molecule has 1 aromatic carbocycles. The van der Waals surface area contributed by atoms with E-state index >= 15 is 0 Å². The van der Waals surface area contributed by atoms with Crippen molar-refractivity contribution in [2.75, 3.05) is 12.3 Å². The number of anilines is 1. The smallest absolute Gasteiger partial charge is 0.265 e. The van der Waals surface area contributed by atoms with Crippen LogP contribution in [0.1, 0.15) is 11.1 Å². The Kier molecular flexibility index (Phi) is 4.83. The number of alkyl halides is 2. The number of benzene rings is 1. The molecule has 0 heterocycles. The van der Waals surface area contributed by atoms with Gasteiger partial charge in [-0.3, -0.25) is 0 Å². The monoisotopic (exact) mass is 294 g/mol. The molecular weight excluding hydrogens is 278 g/mol. The Morgan fingerprint density at radius 2 is 1.95 bits per heavy atom. The summed E-state index contributed by atoms with van der Waals surface area (Å²) in [5.74, 6) is 0. The van der Waals surface area contributed by atoms with Gasteiger partial charge in [0.1, 0.15) is 11.0 Å². The maximum atomic E-state index is 12.1. The molecule has 5 nitrogen and oxygen atoms in total. The summed E-state index contributed by atoms with van der Waals surface area (Å²) < 4.78 is 50.2. The van der Waals surface area contributed by atoms with Crippen LogP contribution in [0.15, 0.2) is 17.0 Å². The average molecular weight is 294 g/mol. The first-order valence-electron chi connectivity index (χ1n) is 5.48. The van der Waals surface area contributed by atoms with Crippen molar-refractivity contribution in [2.24, 2.45) is 0 Å². The average Bonchev–Trinajstić information content (AvgIpc) is 2.31. The Labute approximate surface area is 110 Å². The summed E-state index contributed by atoms with van der Waals surface area (Å²) in [7, 11) is -4.04. The van der Waals surface area contributed by atoms with Gasteiger partial charge in [-0.05, 0) is 31.0 Å². The number of hydrogen-bond acceptors (Lipinski definition) is 4.